The van der Waals surface area contributed by atoms with Crippen LogP contribution in [-0.2, 0) is 14.3 Å². The molecule has 0 radical (unpaired) electrons. The second-order valence-corrected chi connectivity index (χ2v) is 9.06. The Bertz CT molecular complexity index is 1230. The summed E-state index contributed by atoms with van der Waals surface area (Å²) in [4.78, 5) is 26.6. The van der Waals surface area contributed by atoms with E-state index in [0.717, 1.165) is 4.90 Å². The molecule has 2 amide bonds. The standard InChI is InChI=1S/C29H33N3O6S/c1-3-36-26(16-17-27(34)32-25-7-5-4-6-24(25)30)28(20-8-12-22(13-9-20)37-19-18-33)38-29(35)31-21-10-14-23(39-2)15-11-21/h4-17,26,28,33H,3,18-19,30H2,1-2H3,(H,31,35)(H,32,34)/b17-16+/t26-,28-/m1/s1. The van der Waals surface area contributed by atoms with Crippen molar-refractivity contribution < 1.29 is 28.9 Å². The zero-order valence-electron chi connectivity index (χ0n) is 21.8. The minimum Gasteiger partial charge on any atom is -0.491 e. The lowest BCUT2D eigenvalue weighted by atomic mass is 10.0. The van der Waals surface area contributed by atoms with Crippen molar-refractivity contribution in [2.24, 2.45) is 0 Å². The number of carbonyl (C=O) groups is 2. The first kappa shape index (κ1) is 29.6. The number of nitrogens with two attached hydrogens (primary N) is 1. The van der Waals surface area contributed by atoms with Gasteiger partial charge in [0.15, 0.2) is 6.10 Å². The number of amides is 2. The summed E-state index contributed by atoms with van der Waals surface area (Å²) in [6.07, 6.45) is 2.46. The van der Waals surface area contributed by atoms with Crippen LogP contribution >= 0.6 is 11.8 Å². The average molecular weight is 552 g/mol. The van der Waals surface area contributed by atoms with E-state index >= 15 is 0 Å². The fourth-order valence-electron chi connectivity index (χ4n) is 3.58. The Morgan fingerprint density at radius 2 is 1.74 bits per heavy atom. The lowest BCUT2D eigenvalue weighted by molar-refractivity contribution is -0.112. The summed E-state index contributed by atoms with van der Waals surface area (Å²) < 4.78 is 17.2. The number of para-hydroxylation sites is 2. The Morgan fingerprint density at radius 1 is 1.03 bits per heavy atom. The highest BCUT2D eigenvalue weighted by Gasteiger charge is 2.26. The second-order valence-electron chi connectivity index (χ2n) is 8.18. The van der Waals surface area contributed by atoms with Gasteiger partial charge in [-0.1, -0.05) is 24.3 Å². The van der Waals surface area contributed by atoms with Crippen molar-refractivity contribution >= 4 is 40.8 Å². The van der Waals surface area contributed by atoms with Crippen LogP contribution in [0.5, 0.6) is 5.75 Å². The molecule has 0 heterocycles. The molecule has 9 nitrogen and oxygen atoms in total. The summed E-state index contributed by atoms with van der Waals surface area (Å²) in [5.74, 6) is 0.135. The molecule has 0 saturated carbocycles. The molecule has 0 aliphatic carbocycles. The molecule has 0 saturated heterocycles. The predicted molar refractivity (Wildman–Crippen MR) is 154 cm³/mol. The molecule has 0 aromatic heterocycles. The third kappa shape index (κ3) is 9.36. The number of aliphatic hydroxyl groups excluding tert-OH is 1. The fraction of sp³-hybridized carbons (Fsp3) is 0.241. The third-order valence-electron chi connectivity index (χ3n) is 5.45. The topological polar surface area (TPSA) is 132 Å². The van der Waals surface area contributed by atoms with E-state index in [1.54, 1.807) is 78.5 Å². The van der Waals surface area contributed by atoms with E-state index in [0.29, 0.717) is 35.0 Å². The van der Waals surface area contributed by atoms with Crippen LogP contribution in [0.3, 0.4) is 0 Å². The molecule has 0 aliphatic heterocycles. The molecule has 3 aromatic carbocycles. The summed E-state index contributed by atoms with van der Waals surface area (Å²) in [6.45, 7) is 2.15. The highest BCUT2D eigenvalue weighted by atomic mass is 32.2. The molecule has 0 aliphatic rings. The van der Waals surface area contributed by atoms with Gasteiger partial charge in [0.2, 0.25) is 5.91 Å². The molecule has 3 aromatic rings. The summed E-state index contributed by atoms with van der Waals surface area (Å²) in [6, 6.07) is 21.2. The largest absolute Gasteiger partial charge is 0.491 e. The highest BCUT2D eigenvalue weighted by Crippen LogP contribution is 2.28. The van der Waals surface area contributed by atoms with Gasteiger partial charge in [0.05, 0.1) is 18.0 Å². The van der Waals surface area contributed by atoms with Gasteiger partial charge in [0.25, 0.3) is 0 Å². The quantitative estimate of drug-likeness (QED) is 0.129. The van der Waals surface area contributed by atoms with E-state index in [-0.39, 0.29) is 13.2 Å². The number of thioether (sulfide) groups is 1. The molecule has 0 spiro atoms. The molecule has 39 heavy (non-hydrogen) atoms. The third-order valence-corrected chi connectivity index (χ3v) is 6.20. The van der Waals surface area contributed by atoms with Gasteiger partial charge in [-0.2, -0.15) is 0 Å². The molecular formula is C29H33N3O6S. The van der Waals surface area contributed by atoms with E-state index in [1.165, 1.54) is 6.08 Å². The molecule has 10 heteroatoms. The number of hydrogen-bond donors (Lipinski definition) is 4. The van der Waals surface area contributed by atoms with Crippen LogP contribution in [0, 0.1) is 0 Å². The van der Waals surface area contributed by atoms with Crippen molar-refractivity contribution in [1.29, 1.82) is 0 Å². The molecular weight excluding hydrogens is 518 g/mol. The van der Waals surface area contributed by atoms with Gasteiger partial charge < -0.3 is 30.4 Å². The monoisotopic (exact) mass is 551 g/mol. The average Bonchev–Trinajstić information content (AvgIpc) is 2.95. The first-order valence-electron chi connectivity index (χ1n) is 12.3. The Balaban J connectivity index is 1.82. The summed E-state index contributed by atoms with van der Waals surface area (Å²) in [7, 11) is 0. The lowest BCUT2D eigenvalue weighted by Gasteiger charge is -2.25. The number of anilines is 3. The number of carbonyl (C=O) groups excluding carboxylic acids is 2. The van der Waals surface area contributed by atoms with Gasteiger partial charge in [-0.3, -0.25) is 10.1 Å². The fourth-order valence-corrected chi connectivity index (χ4v) is 3.99. The number of nitrogen functional groups attached to an aromatic ring is 1. The van der Waals surface area contributed by atoms with Crippen molar-refractivity contribution in [3.8, 4) is 5.75 Å². The van der Waals surface area contributed by atoms with Gasteiger partial charge in [-0.05, 0) is 73.3 Å². The van der Waals surface area contributed by atoms with Gasteiger partial charge in [0, 0.05) is 23.3 Å². The van der Waals surface area contributed by atoms with Gasteiger partial charge in [-0.25, -0.2) is 4.79 Å². The second kappa shape index (κ2) is 15.4. The Morgan fingerprint density at radius 3 is 2.38 bits per heavy atom. The number of aliphatic hydroxyl groups is 1. The zero-order valence-corrected chi connectivity index (χ0v) is 22.6. The molecule has 3 rings (SSSR count). The van der Waals surface area contributed by atoms with E-state index in [2.05, 4.69) is 10.6 Å². The summed E-state index contributed by atoms with van der Waals surface area (Å²) in [5.41, 5.74) is 8.04. The maximum atomic E-state index is 12.9. The molecule has 0 bridgehead atoms. The Kier molecular flexibility index (Phi) is 11.7. The van der Waals surface area contributed by atoms with Gasteiger partial charge in [-0.15, -0.1) is 11.8 Å². The van der Waals surface area contributed by atoms with Crippen LogP contribution in [0.2, 0.25) is 0 Å². The molecule has 0 fully saturated rings. The number of ether oxygens (including phenoxy) is 3. The van der Waals surface area contributed by atoms with Crippen LogP contribution in [0.25, 0.3) is 0 Å². The number of nitrogens with one attached hydrogen (secondary N) is 2. The molecule has 0 unspecified atom stereocenters. The molecule has 2 atom stereocenters. The highest BCUT2D eigenvalue weighted by molar-refractivity contribution is 7.98. The summed E-state index contributed by atoms with van der Waals surface area (Å²) in [5, 5.41) is 14.5. The lowest BCUT2D eigenvalue weighted by Crippen LogP contribution is -2.28. The first-order valence-corrected chi connectivity index (χ1v) is 13.6. The minimum atomic E-state index is -0.895. The molecule has 5 N–H and O–H groups in total. The normalized spacial score (nSPS) is 12.5. The van der Waals surface area contributed by atoms with Crippen molar-refractivity contribution in [3.05, 3.63) is 90.5 Å². The smallest absolute Gasteiger partial charge is 0.412 e. The SMILES string of the molecule is CCO[C@H](/C=C/C(=O)Nc1ccccc1N)[C@H](OC(=O)Nc1ccc(SC)cc1)c1ccc(OCCO)cc1. The van der Waals surface area contributed by atoms with Gasteiger partial charge >= 0.3 is 6.09 Å². The number of benzene rings is 3. The molecule has 206 valence electrons. The van der Waals surface area contributed by atoms with Crippen LogP contribution in [0.15, 0.2) is 89.8 Å². The van der Waals surface area contributed by atoms with E-state index in [4.69, 9.17) is 25.1 Å². The zero-order chi connectivity index (χ0) is 28.0. The van der Waals surface area contributed by atoms with Crippen LogP contribution in [0.1, 0.15) is 18.6 Å². The summed E-state index contributed by atoms with van der Waals surface area (Å²) >= 11 is 1.60. The number of hydrogen-bond acceptors (Lipinski definition) is 8. The van der Waals surface area contributed by atoms with E-state index in [1.807, 2.05) is 25.3 Å². The first-order chi connectivity index (χ1) is 18.9. The number of rotatable bonds is 13. The van der Waals surface area contributed by atoms with Crippen LogP contribution < -0.4 is 21.1 Å². The van der Waals surface area contributed by atoms with Crippen molar-refractivity contribution in [3.63, 3.8) is 0 Å². The van der Waals surface area contributed by atoms with Crippen molar-refractivity contribution in [2.75, 3.05) is 42.4 Å². The van der Waals surface area contributed by atoms with E-state index < -0.39 is 24.2 Å². The maximum Gasteiger partial charge on any atom is 0.412 e. The van der Waals surface area contributed by atoms with Gasteiger partial charge in [0.1, 0.15) is 18.5 Å². The van der Waals surface area contributed by atoms with Crippen LogP contribution in [0.4, 0.5) is 21.9 Å². The van der Waals surface area contributed by atoms with Crippen molar-refractivity contribution in [1.82, 2.24) is 0 Å². The van der Waals surface area contributed by atoms with E-state index in [9.17, 15) is 9.59 Å². The van der Waals surface area contributed by atoms with Crippen LogP contribution in [-0.4, -0.2) is 49.3 Å². The maximum absolute atomic E-state index is 12.9. The predicted octanol–water partition coefficient (Wildman–Crippen LogP) is 5.25. The Hall–Kier alpha value is -3.99. The van der Waals surface area contributed by atoms with Crippen molar-refractivity contribution in [2.45, 2.75) is 24.0 Å². The Labute approximate surface area is 232 Å². The minimum absolute atomic E-state index is 0.112.